The Hall–Kier alpha value is -0.220. The third-order valence-corrected chi connectivity index (χ3v) is 4.66. The summed E-state index contributed by atoms with van der Waals surface area (Å²) in [6.07, 6.45) is 0. The van der Waals surface area contributed by atoms with Gasteiger partial charge in [0.2, 0.25) is 0 Å². The molecule has 0 aliphatic carbocycles. The molecule has 18 heavy (non-hydrogen) atoms. The second-order valence-corrected chi connectivity index (χ2v) is 6.34. The third-order valence-electron chi connectivity index (χ3n) is 2.34. The highest BCUT2D eigenvalue weighted by Gasteiger charge is 2.01. The van der Waals surface area contributed by atoms with E-state index >= 15 is 0 Å². The molecule has 0 atom stereocenters. The van der Waals surface area contributed by atoms with Crippen LogP contribution in [-0.2, 0) is 6.54 Å². The first-order valence-electron chi connectivity index (χ1n) is 5.18. The molecule has 5 heteroatoms. The zero-order chi connectivity index (χ0) is 13.1. The van der Waals surface area contributed by atoms with Crippen LogP contribution in [0.25, 0.3) is 0 Å². The molecule has 1 nitrogen and oxygen atoms in total. The summed E-state index contributed by atoms with van der Waals surface area (Å²) in [6, 6.07) is 11.5. The molecule has 94 valence electrons. The maximum atomic E-state index is 5.94. The van der Waals surface area contributed by atoms with Gasteiger partial charge in [-0.2, -0.15) is 0 Å². The minimum atomic E-state index is 0.627. The van der Waals surface area contributed by atoms with Crippen LogP contribution in [0, 0.1) is 0 Å². The normalized spacial score (nSPS) is 10.4. The fourth-order valence-electron chi connectivity index (χ4n) is 1.51. The molecule has 0 amide bonds. The first-order valence-corrected chi connectivity index (χ1v) is 7.53. The summed E-state index contributed by atoms with van der Waals surface area (Å²) in [7, 11) is 0. The first kappa shape index (κ1) is 14.2. The summed E-state index contributed by atoms with van der Waals surface area (Å²) in [4.78, 5) is 0. The van der Waals surface area contributed by atoms with Gasteiger partial charge >= 0.3 is 0 Å². The van der Waals surface area contributed by atoms with Crippen molar-refractivity contribution < 1.29 is 0 Å². The molecule has 0 heterocycles. The second-order valence-electron chi connectivity index (χ2n) is 3.76. The molecule has 0 unspecified atom stereocenters. The van der Waals surface area contributed by atoms with Crippen LogP contribution in [0.15, 0.2) is 45.3 Å². The zero-order valence-electron chi connectivity index (χ0n) is 9.18. The Morgan fingerprint density at radius 3 is 2.17 bits per heavy atom. The van der Waals surface area contributed by atoms with Crippen molar-refractivity contribution in [2.24, 2.45) is 0 Å². The minimum absolute atomic E-state index is 0.627. The molecule has 0 aliphatic rings. The topological polar surface area (TPSA) is 12.0 Å². The second kappa shape index (κ2) is 6.29. The summed E-state index contributed by atoms with van der Waals surface area (Å²) >= 11 is 18.8. The van der Waals surface area contributed by atoms with E-state index in [0.717, 1.165) is 14.6 Å². The summed E-state index contributed by atoms with van der Waals surface area (Å²) in [5, 5.41) is 4.54. The van der Waals surface area contributed by atoms with E-state index in [4.69, 9.17) is 23.2 Å². The molecular formula is C13H9Br2Cl2N. The van der Waals surface area contributed by atoms with E-state index < -0.39 is 0 Å². The van der Waals surface area contributed by atoms with Gasteiger partial charge in [-0.25, -0.2) is 0 Å². The van der Waals surface area contributed by atoms with Gasteiger partial charge < -0.3 is 5.32 Å². The summed E-state index contributed by atoms with van der Waals surface area (Å²) in [5.74, 6) is 0. The number of nitrogens with one attached hydrogen (secondary N) is 1. The Kier molecular flexibility index (Phi) is 4.96. The summed E-state index contributed by atoms with van der Waals surface area (Å²) in [6.45, 7) is 0.711. The van der Waals surface area contributed by atoms with Crippen molar-refractivity contribution in [2.75, 3.05) is 5.32 Å². The molecule has 0 bridgehead atoms. The fraction of sp³-hybridized carbons (Fsp3) is 0.0769. The van der Waals surface area contributed by atoms with Crippen LogP contribution >= 0.6 is 55.1 Å². The number of anilines is 1. The molecule has 1 N–H and O–H groups in total. The van der Waals surface area contributed by atoms with Crippen LogP contribution in [0.5, 0.6) is 0 Å². The summed E-state index contributed by atoms with van der Waals surface area (Å²) in [5.41, 5.74) is 2.08. The van der Waals surface area contributed by atoms with E-state index in [1.165, 1.54) is 5.56 Å². The number of rotatable bonds is 3. The van der Waals surface area contributed by atoms with Gasteiger partial charge in [0.25, 0.3) is 0 Å². The average molecular weight is 410 g/mol. The predicted octanol–water partition coefficient (Wildman–Crippen LogP) is 6.13. The number of hydrogen-bond donors (Lipinski definition) is 1. The maximum Gasteiger partial charge on any atom is 0.0441 e. The first-order chi connectivity index (χ1) is 8.54. The molecule has 0 spiro atoms. The molecule has 0 radical (unpaired) electrons. The van der Waals surface area contributed by atoms with E-state index in [1.807, 2.05) is 24.3 Å². The van der Waals surface area contributed by atoms with Crippen molar-refractivity contribution in [2.45, 2.75) is 6.54 Å². The highest BCUT2D eigenvalue weighted by molar-refractivity contribution is 9.13. The van der Waals surface area contributed by atoms with Gasteiger partial charge in [-0.05, 0) is 67.8 Å². The number of hydrogen-bond acceptors (Lipinski definition) is 1. The van der Waals surface area contributed by atoms with Crippen molar-refractivity contribution in [3.8, 4) is 0 Å². The van der Waals surface area contributed by atoms with Gasteiger partial charge in [0.05, 0.1) is 0 Å². The molecule has 0 aromatic heterocycles. The third kappa shape index (κ3) is 3.89. The van der Waals surface area contributed by atoms with Crippen LogP contribution in [0.2, 0.25) is 10.0 Å². The van der Waals surface area contributed by atoms with Crippen LogP contribution in [0.3, 0.4) is 0 Å². The van der Waals surface area contributed by atoms with Crippen LogP contribution in [-0.4, -0.2) is 0 Å². The maximum absolute atomic E-state index is 5.94. The molecule has 0 aliphatic heterocycles. The van der Waals surface area contributed by atoms with Gasteiger partial charge in [0, 0.05) is 31.2 Å². The Bertz CT molecular complexity index is 553. The lowest BCUT2D eigenvalue weighted by atomic mass is 10.2. The Morgan fingerprint density at radius 2 is 1.56 bits per heavy atom. The standard InChI is InChI=1S/C13H9Br2Cl2N/c14-12-2-1-8(3-13(12)15)7-18-11-5-9(16)4-10(17)6-11/h1-6,18H,7H2. The minimum Gasteiger partial charge on any atom is -0.381 e. The van der Waals surface area contributed by atoms with E-state index in [0.29, 0.717) is 16.6 Å². The molecule has 0 fully saturated rings. The summed E-state index contributed by atoms with van der Waals surface area (Å²) < 4.78 is 2.07. The van der Waals surface area contributed by atoms with Gasteiger partial charge in [-0.3, -0.25) is 0 Å². The average Bonchev–Trinajstić information content (AvgIpc) is 2.29. The predicted molar refractivity (Wildman–Crippen MR) is 85.6 cm³/mol. The van der Waals surface area contributed by atoms with Crippen molar-refractivity contribution in [1.29, 1.82) is 0 Å². The molecule has 0 saturated heterocycles. The Labute approximate surface area is 133 Å². The van der Waals surface area contributed by atoms with Gasteiger partial charge in [-0.1, -0.05) is 29.3 Å². The fourth-order valence-corrected chi connectivity index (χ4v) is 2.71. The number of benzene rings is 2. The van der Waals surface area contributed by atoms with Gasteiger partial charge in [0.15, 0.2) is 0 Å². The highest BCUT2D eigenvalue weighted by atomic mass is 79.9. The number of halogens is 4. The molecule has 0 saturated carbocycles. The Morgan fingerprint density at radius 1 is 0.889 bits per heavy atom. The van der Waals surface area contributed by atoms with E-state index in [2.05, 4.69) is 43.2 Å². The van der Waals surface area contributed by atoms with Crippen molar-refractivity contribution >= 4 is 60.7 Å². The lowest BCUT2D eigenvalue weighted by molar-refractivity contribution is 1.14. The van der Waals surface area contributed by atoms with Gasteiger partial charge in [0.1, 0.15) is 0 Å². The van der Waals surface area contributed by atoms with E-state index in [-0.39, 0.29) is 0 Å². The van der Waals surface area contributed by atoms with Gasteiger partial charge in [-0.15, -0.1) is 0 Å². The molecular weight excluding hydrogens is 401 g/mol. The molecule has 2 aromatic carbocycles. The quantitative estimate of drug-likeness (QED) is 0.642. The van der Waals surface area contributed by atoms with Crippen molar-refractivity contribution in [1.82, 2.24) is 0 Å². The zero-order valence-corrected chi connectivity index (χ0v) is 13.9. The van der Waals surface area contributed by atoms with Crippen LogP contribution in [0.4, 0.5) is 5.69 Å². The van der Waals surface area contributed by atoms with Crippen molar-refractivity contribution in [3.63, 3.8) is 0 Å². The van der Waals surface area contributed by atoms with E-state index in [1.54, 1.807) is 6.07 Å². The Balaban J connectivity index is 2.08. The van der Waals surface area contributed by atoms with Crippen LogP contribution in [0.1, 0.15) is 5.56 Å². The van der Waals surface area contributed by atoms with Crippen LogP contribution < -0.4 is 5.32 Å². The SMILES string of the molecule is Clc1cc(Cl)cc(NCc2ccc(Br)c(Br)c2)c1. The smallest absolute Gasteiger partial charge is 0.0441 e. The monoisotopic (exact) mass is 407 g/mol. The lowest BCUT2D eigenvalue weighted by Gasteiger charge is -2.08. The largest absolute Gasteiger partial charge is 0.381 e. The molecule has 2 rings (SSSR count). The van der Waals surface area contributed by atoms with E-state index in [9.17, 15) is 0 Å². The molecule has 2 aromatic rings. The highest BCUT2D eigenvalue weighted by Crippen LogP contribution is 2.25. The van der Waals surface area contributed by atoms with Crippen molar-refractivity contribution in [3.05, 3.63) is 61.0 Å². The lowest BCUT2D eigenvalue weighted by Crippen LogP contribution is -1.99.